The van der Waals surface area contributed by atoms with E-state index >= 15 is 0 Å². The van der Waals surface area contributed by atoms with E-state index in [1.807, 2.05) is 19.0 Å². The van der Waals surface area contributed by atoms with Crippen LogP contribution in [-0.4, -0.2) is 36.8 Å². The fraction of sp³-hybridized carbons (Fsp3) is 0.533. The molecule has 0 aliphatic heterocycles. The molecule has 0 bridgehead atoms. The molecule has 0 atom stereocenters. The van der Waals surface area contributed by atoms with E-state index in [-0.39, 0.29) is 5.69 Å². The first-order valence-corrected chi connectivity index (χ1v) is 7.91. The molecule has 0 spiro atoms. The molecule has 1 saturated carbocycles. The maximum absolute atomic E-state index is 14.1. The lowest BCUT2D eigenvalue weighted by molar-refractivity contribution is -0.105. The third kappa shape index (κ3) is 4.63. The largest absolute Gasteiger partial charge is 0.398 e. The summed E-state index contributed by atoms with van der Waals surface area (Å²) >= 11 is 0.662. The first kappa shape index (κ1) is 17.1. The van der Waals surface area contributed by atoms with Gasteiger partial charge in [-0.1, -0.05) is 0 Å². The van der Waals surface area contributed by atoms with E-state index in [1.54, 1.807) is 6.92 Å². The fourth-order valence-electron chi connectivity index (χ4n) is 2.06. The van der Waals surface area contributed by atoms with Crippen molar-refractivity contribution in [2.75, 3.05) is 19.8 Å². The van der Waals surface area contributed by atoms with Crippen LogP contribution in [0.3, 0.4) is 0 Å². The molecule has 0 saturated heterocycles. The molecule has 0 amide bonds. The SMILES string of the molecule is Cc1cc(F)c(/N=C(/C2CC2)N(C)C)cc1SCC(F)(F)F. The summed E-state index contributed by atoms with van der Waals surface area (Å²) in [6.45, 7) is 1.60. The van der Waals surface area contributed by atoms with Crippen LogP contribution in [0.1, 0.15) is 18.4 Å². The van der Waals surface area contributed by atoms with Gasteiger partial charge in [-0.2, -0.15) is 13.2 Å². The average Bonchev–Trinajstić information content (AvgIpc) is 3.19. The predicted molar refractivity (Wildman–Crippen MR) is 81.4 cm³/mol. The van der Waals surface area contributed by atoms with Gasteiger partial charge in [-0.3, -0.25) is 0 Å². The van der Waals surface area contributed by atoms with Gasteiger partial charge in [-0.25, -0.2) is 9.38 Å². The number of alkyl halides is 3. The molecule has 22 heavy (non-hydrogen) atoms. The molecule has 1 aromatic rings. The number of thioether (sulfide) groups is 1. The van der Waals surface area contributed by atoms with E-state index in [2.05, 4.69) is 4.99 Å². The first-order chi connectivity index (χ1) is 10.2. The van der Waals surface area contributed by atoms with Crippen LogP contribution in [0.5, 0.6) is 0 Å². The minimum atomic E-state index is -4.25. The van der Waals surface area contributed by atoms with Crippen LogP contribution in [0.2, 0.25) is 0 Å². The Morgan fingerprint density at radius 1 is 1.32 bits per heavy atom. The Morgan fingerprint density at radius 2 is 1.95 bits per heavy atom. The van der Waals surface area contributed by atoms with Crippen LogP contribution < -0.4 is 0 Å². The fourth-order valence-corrected chi connectivity index (χ4v) is 2.86. The van der Waals surface area contributed by atoms with Crippen LogP contribution in [0.4, 0.5) is 23.2 Å². The molecule has 1 aliphatic rings. The number of benzene rings is 1. The van der Waals surface area contributed by atoms with Gasteiger partial charge < -0.3 is 4.90 Å². The van der Waals surface area contributed by atoms with Gasteiger partial charge in [0.05, 0.1) is 5.75 Å². The summed E-state index contributed by atoms with van der Waals surface area (Å²) in [4.78, 5) is 6.58. The standard InChI is InChI=1S/C15H18F4N2S/c1-9-6-11(16)12(7-13(9)22-8-15(17,18)19)20-14(21(2)3)10-4-5-10/h6-7,10H,4-5,8H2,1-3H3/b20-14-. The molecule has 1 fully saturated rings. The smallest absolute Gasteiger partial charge is 0.366 e. The summed E-state index contributed by atoms with van der Waals surface area (Å²) in [7, 11) is 3.67. The van der Waals surface area contributed by atoms with Crippen LogP contribution in [0, 0.1) is 18.7 Å². The van der Waals surface area contributed by atoms with Gasteiger partial charge in [-0.15, -0.1) is 11.8 Å². The lowest BCUT2D eigenvalue weighted by Crippen LogP contribution is -2.23. The maximum atomic E-state index is 14.1. The Labute approximate surface area is 131 Å². The van der Waals surface area contributed by atoms with Crippen molar-refractivity contribution in [3.8, 4) is 0 Å². The molecule has 2 nitrogen and oxygen atoms in total. The third-order valence-corrected chi connectivity index (χ3v) is 4.49. The highest BCUT2D eigenvalue weighted by atomic mass is 32.2. The number of amidine groups is 1. The topological polar surface area (TPSA) is 15.6 Å². The van der Waals surface area contributed by atoms with E-state index < -0.39 is 17.7 Å². The normalized spacial score (nSPS) is 16.0. The molecule has 1 aliphatic carbocycles. The summed E-state index contributed by atoms with van der Waals surface area (Å²) in [5, 5.41) is 0. The predicted octanol–water partition coefficient (Wildman–Crippen LogP) is 4.79. The Hall–Kier alpha value is -1.24. The van der Waals surface area contributed by atoms with Crippen molar-refractivity contribution >= 4 is 23.3 Å². The number of aryl methyl sites for hydroxylation is 1. The van der Waals surface area contributed by atoms with Crippen molar-refractivity contribution in [1.29, 1.82) is 0 Å². The Bertz CT molecular complexity index is 574. The molecule has 0 N–H and O–H groups in total. The van der Waals surface area contributed by atoms with E-state index in [4.69, 9.17) is 0 Å². The molecule has 0 aromatic heterocycles. The number of aliphatic imine (C=N–C) groups is 1. The zero-order valence-corrected chi connectivity index (χ0v) is 13.5. The summed E-state index contributed by atoms with van der Waals surface area (Å²) in [5.74, 6) is -0.406. The number of nitrogens with zero attached hydrogens (tertiary/aromatic N) is 2. The molecule has 7 heteroatoms. The highest BCUT2D eigenvalue weighted by molar-refractivity contribution is 7.99. The van der Waals surface area contributed by atoms with Gasteiger partial charge in [-0.05, 0) is 37.5 Å². The van der Waals surface area contributed by atoms with Crippen LogP contribution in [-0.2, 0) is 0 Å². The molecule has 122 valence electrons. The quantitative estimate of drug-likeness (QED) is 0.340. The first-order valence-electron chi connectivity index (χ1n) is 6.93. The highest BCUT2D eigenvalue weighted by Gasteiger charge is 2.30. The van der Waals surface area contributed by atoms with Crippen LogP contribution in [0.25, 0.3) is 0 Å². The molecular formula is C15H18F4N2S. The zero-order valence-electron chi connectivity index (χ0n) is 12.7. The molecule has 0 radical (unpaired) electrons. The average molecular weight is 334 g/mol. The van der Waals surface area contributed by atoms with Gasteiger partial charge in [0.25, 0.3) is 0 Å². The van der Waals surface area contributed by atoms with Crippen molar-refractivity contribution in [1.82, 2.24) is 4.90 Å². The Balaban J connectivity index is 2.29. The van der Waals surface area contributed by atoms with Gasteiger partial charge >= 0.3 is 6.18 Å². The van der Waals surface area contributed by atoms with E-state index in [0.717, 1.165) is 18.7 Å². The second-order valence-electron chi connectivity index (χ2n) is 5.61. The lowest BCUT2D eigenvalue weighted by Gasteiger charge is -2.16. The summed E-state index contributed by atoms with van der Waals surface area (Å²) in [6.07, 6.45) is -2.22. The Kier molecular flexibility index (Phi) is 5.04. The van der Waals surface area contributed by atoms with E-state index in [9.17, 15) is 17.6 Å². The van der Waals surface area contributed by atoms with Crippen molar-refractivity contribution in [3.05, 3.63) is 23.5 Å². The molecule has 1 aromatic carbocycles. The third-order valence-electron chi connectivity index (χ3n) is 3.27. The summed E-state index contributed by atoms with van der Waals surface area (Å²) in [5.41, 5.74) is 0.592. The van der Waals surface area contributed by atoms with Gasteiger partial charge in [0.15, 0.2) is 0 Å². The van der Waals surface area contributed by atoms with Crippen molar-refractivity contribution in [2.45, 2.75) is 30.8 Å². The van der Waals surface area contributed by atoms with Gasteiger partial charge in [0.2, 0.25) is 0 Å². The summed E-state index contributed by atoms with van der Waals surface area (Å²) < 4.78 is 51.1. The minimum Gasteiger partial charge on any atom is -0.366 e. The molecule has 0 heterocycles. The second-order valence-corrected chi connectivity index (χ2v) is 6.63. The van der Waals surface area contributed by atoms with Crippen molar-refractivity contribution in [3.63, 3.8) is 0 Å². The highest BCUT2D eigenvalue weighted by Crippen LogP contribution is 2.36. The molecular weight excluding hydrogens is 316 g/mol. The lowest BCUT2D eigenvalue weighted by atomic mass is 10.2. The van der Waals surface area contributed by atoms with Crippen molar-refractivity contribution < 1.29 is 17.6 Å². The van der Waals surface area contributed by atoms with Crippen LogP contribution in [0.15, 0.2) is 22.0 Å². The monoisotopic (exact) mass is 334 g/mol. The van der Waals surface area contributed by atoms with Crippen LogP contribution >= 0.6 is 11.8 Å². The molecule has 2 rings (SSSR count). The van der Waals surface area contributed by atoms with E-state index in [0.29, 0.717) is 28.1 Å². The van der Waals surface area contributed by atoms with E-state index in [1.165, 1.54) is 12.1 Å². The van der Waals surface area contributed by atoms with Gasteiger partial charge in [0.1, 0.15) is 17.3 Å². The number of rotatable bonds is 4. The number of halogens is 4. The van der Waals surface area contributed by atoms with Gasteiger partial charge in [0, 0.05) is 24.9 Å². The minimum absolute atomic E-state index is 0.103. The summed E-state index contributed by atoms with van der Waals surface area (Å²) in [6, 6.07) is 2.66. The molecule has 0 unspecified atom stereocenters. The second kappa shape index (κ2) is 6.48. The Morgan fingerprint density at radius 3 is 2.45 bits per heavy atom. The number of hydrogen-bond acceptors (Lipinski definition) is 2. The maximum Gasteiger partial charge on any atom is 0.398 e. The number of hydrogen-bond donors (Lipinski definition) is 0. The van der Waals surface area contributed by atoms with Crippen molar-refractivity contribution in [2.24, 2.45) is 10.9 Å². The zero-order chi connectivity index (χ0) is 16.5.